The molecule has 2 aromatic carbocycles. The van der Waals surface area contributed by atoms with Gasteiger partial charge in [0.15, 0.2) is 11.5 Å². The third-order valence-electron chi connectivity index (χ3n) is 2.23. The fraction of sp³-hybridized carbons (Fsp3) is 0. The van der Waals surface area contributed by atoms with E-state index < -0.39 is 8.25 Å². The molecule has 0 unspecified atom stereocenters. The summed E-state index contributed by atoms with van der Waals surface area (Å²) in [5.74, 6) is -1.55. The SMILES string of the molecule is O=[P+](Oc1cc(O)ccc1O)Oc1cc(O)ccc1O. The highest BCUT2D eigenvalue weighted by Gasteiger charge is 2.28. The van der Waals surface area contributed by atoms with Crippen LogP contribution in [0, 0.1) is 0 Å². The van der Waals surface area contributed by atoms with Crippen LogP contribution in [0.5, 0.6) is 34.5 Å². The van der Waals surface area contributed by atoms with Crippen LogP contribution in [0.25, 0.3) is 0 Å². The average molecular weight is 297 g/mol. The van der Waals surface area contributed by atoms with Crippen LogP contribution in [-0.4, -0.2) is 20.4 Å². The molecule has 7 nitrogen and oxygen atoms in total. The maximum absolute atomic E-state index is 11.6. The lowest BCUT2D eigenvalue weighted by molar-refractivity contribution is 0.376. The van der Waals surface area contributed by atoms with Crippen molar-refractivity contribution in [1.29, 1.82) is 0 Å². The molecule has 2 aromatic rings. The summed E-state index contributed by atoms with van der Waals surface area (Å²) in [6.07, 6.45) is 0. The quantitative estimate of drug-likeness (QED) is 0.506. The van der Waals surface area contributed by atoms with E-state index in [1.807, 2.05) is 0 Å². The number of hydrogen-bond donors (Lipinski definition) is 4. The van der Waals surface area contributed by atoms with Gasteiger partial charge in [0.05, 0.1) is 0 Å². The normalized spacial score (nSPS) is 10.0. The number of phenolic OH excluding ortho intramolecular Hbond substituents is 4. The predicted molar refractivity (Wildman–Crippen MR) is 68.4 cm³/mol. The van der Waals surface area contributed by atoms with E-state index in [2.05, 4.69) is 0 Å². The third kappa shape index (κ3) is 3.21. The van der Waals surface area contributed by atoms with Crippen molar-refractivity contribution in [2.45, 2.75) is 0 Å². The zero-order chi connectivity index (χ0) is 14.7. The molecule has 0 heterocycles. The zero-order valence-corrected chi connectivity index (χ0v) is 10.8. The van der Waals surface area contributed by atoms with Crippen molar-refractivity contribution in [3.05, 3.63) is 36.4 Å². The maximum atomic E-state index is 11.6. The highest BCUT2D eigenvalue weighted by Crippen LogP contribution is 2.40. The number of benzene rings is 2. The lowest BCUT2D eigenvalue weighted by Crippen LogP contribution is -1.89. The first-order valence-corrected chi connectivity index (χ1v) is 6.42. The van der Waals surface area contributed by atoms with Crippen LogP contribution in [-0.2, 0) is 4.57 Å². The molecule has 0 bridgehead atoms. The minimum Gasteiger partial charge on any atom is -0.508 e. The Morgan fingerprint density at radius 3 is 1.55 bits per heavy atom. The van der Waals surface area contributed by atoms with Crippen LogP contribution in [0.1, 0.15) is 0 Å². The smallest absolute Gasteiger partial charge is 0.508 e. The second kappa shape index (κ2) is 5.54. The fourth-order valence-corrected chi connectivity index (χ4v) is 1.98. The topological polar surface area (TPSA) is 116 Å². The van der Waals surface area contributed by atoms with Crippen molar-refractivity contribution in [3.8, 4) is 34.5 Å². The van der Waals surface area contributed by atoms with Gasteiger partial charge in [-0.15, -0.1) is 0 Å². The van der Waals surface area contributed by atoms with Gasteiger partial charge in [0.1, 0.15) is 11.5 Å². The van der Waals surface area contributed by atoms with E-state index in [1.165, 1.54) is 12.1 Å². The molecule has 4 N–H and O–H groups in total. The van der Waals surface area contributed by atoms with Crippen LogP contribution < -0.4 is 9.05 Å². The van der Waals surface area contributed by atoms with Gasteiger partial charge < -0.3 is 20.4 Å². The van der Waals surface area contributed by atoms with Crippen molar-refractivity contribution < 1.29 is 34.0 Å². The largest absolute Gasteiger partial charge is 0.805 e. The molecule has 2 rings (SSSR count). The average Bonchev–Trinajstić information content (AvgIpc) is 2.38. The number of phenols is 4. The molecule has 0 spiro atoms. The van der Waals surface area contributed by atoms with E-state index in [0.29, 0.717) is 0 Å². The summed E-state index contributed by atoms with van der Waals surface area (Å²) in [7, 11) is -2.78. The molecule has 0 aliphatic carbocycles. The van der Waals surface area contributed by atoms with E-state index >= 15 is 0 Å². The van der Waals surface area contributed by atoms with Crippen LogP contribution in [0.3, 0.4) is 0 Å². The molecule has 0 aliphatic heterocycles. The lowest BCUT2D eigenvalue weighted by atomic mass is 10.3. The van der Waals surface area contributed by atoms with E-state index in [0.717, 1.165) is 24.3 Å². The van der Waals surface area contributed by atoms with E-state index in [4.69, 9.17) is 9.05 Å². The Hall–Kier alpha value is -2.66. The molecule has 20 heavy (non-hydrogen) atoms. The summed E-state index contributed by atoms with van der Waals surface area (Å²) in [4.78, 5) is 0. The van der Waals surface area contributed by atoms with Crippen LogP contribution >= 0.6 is 8.25 Å². The Morgan fingerprint density at radius 1 is 0.750 bits per heavy atom. The Kier molecular flexibility index (Phi) is 3.81. The summed E-state index contributed by atoms with van der Waals surface area (Å²) in [5, 5.41) is 37.3. The number of aromatic hydroxyl groups is 4. The predicted octanol–water partition coefficient (Wildman–Crippen LogP) is 2.62. The maximum Gasteiger partial charge on any atom is 0.805 e. The lowest BCUT2D eigenvalue weighted by Gasteiger charge is -2.00. The minimum atomic E-state index is -2.78. The first kappa shape index (κ1) is 13.8. The number of hydrogen-bond acceptors (Lipinski definition) is 7. The molecular weight excluding hydrogens is 287 g/mol. The molecule has 0 fully saturated rings. The van der Waals surface area contributed by atoms with Gasteiger partial charge in [-0.3, -0.25) is 0 Å². The van der Waals surface area contributed by atoms with Crippen molar-refractivity contribution >= 4 is 8.25 Å². The summed E-state index contributed by atoms with van der Waals surface area (Å²) in [6, 6.07) is 6.84. The molecule has 0 saturated heterocycles. The Bertz CT molecular complexity index is 601. The zero-order valence-electron chi connectivity index (χ0n) is 9.92. The third-order valence-corrected chi connectivity index (χ3v) is 2.92. The molecule has 8 heteroatoms. The number of rotatable bonds is 4. The minimum absolute atomic E-state index is 0.193. The Morgan fingerprint density at radius 2 is 1.15 bits per heavy atom. The molecule has 0 aromatic heterocycles. The van der Waals surface area contributed by atoms with Crippen LogP contribution in [0.2, 0.25) is 0 Å². The van der Waals surface area contributed by atoms with Crippen molar-refractivity contribution in [1.82, 2.24) is 0 Å². The summed E-state index contributed by atoms with van der Waals surface area (Å²) in [6.45, 7) is 0. The van der Waals surface area contributed by atoms with Gasteiger partial charge in [-0.2, -0.15) is 0 Å². The Labute approximate surface area is 114 Å². The van der Waals surface area contributed by atoms with Gasteiger partial charge >= 0.3 is 8.25 Å². The van der Waals surface area contributed by atoms with E-state index in [1.54, 1.807) is 0 Å². The first-order valence-electron chi connectivity index (χ1n) is 5.33. The summed E-state index contributed by atoms with van der Waals surface area (Å²) < 4.78 is 21.2. The second-order valence-electron chi connectivity index (χ2n) is 3.71. The van der Waals surface area contributed by atoms with Crippen molar-refractivity contribution in [3.63, 3.8) is 0 Å². The van der Waals surface area contributed by atoms with Gasteiger partial charge in [0, 0.05) is 16.7 Å². The van der Waals surface area contributed by atoms with Gasteiger partial charge in [0.2, 0.25) is 11.5 Å². The molecule has 0 aliphatic rings. The summed E-state index contributed by atoms with van der Waals surface area (Å²) >= 11 is 0. The van der Waals surface area contributed by atoms with Crippen molar-refractivity contribution in [2.75, 3.05) is 0 Å². The fourth-order valence-electron chi connectivity index (χ4n) is 1.33. The Balaban J connectivity index is 2.13. The molecule has 0 amide bonds. The first-order chi connectivity index (χ1) is 9.45. The van der Waals surface area contributed by atoms with E-state index in [-0.39, 0.29) is 34.5 Å². The monoisotopic (exact) mass is 297 g/mol. The van der Waals surface area contributed by atoms with Crippen molar-refractivity contribution in [2.24, 2.45) is 0 Å². The van der Waals surface area contributed by atoms with Crippen LogP contribution in [0.15, 0.2) is 36.4 Å². The second-order valence-corrected chi connectivity index (χ2v) is 4.52. The molecule has 104 valence electrons. The van der Waals surface area contributed by atoms with Gasteiger partial charge in [0.25, 0.3) is 0 Å². The standard InChI is InChI=1S/C12H9O7P/c13-7-1-3-9(15)11(5-7)18-20(17)19-12-6-8(14)2-4-10(12)16/h1-6H,(H3-,13,14,15,16)/p+1. The molecular formula is C12H10O7P+. The molecule has 0 radical (unpaired) electrons. The van der Waals surface area contributed by atoms with E-state index in [9.17, 15) is 25.0 Å². The van der Waals surface area contributed by atoms with Gasteiger partial charge in [-0.25, -0.2) is 9.05 Å². The molecule has 0 atom stereocenters. The van der Waals surface area contributed by atoms with Gasteiger partial charge in [-0.1, -0.05) is 0 Å². The highest BCUT2D eigenvalue weighted by molar-refractivity contribution is 7.34. The highest BCUT2D eigenvalue weighted by atomic mass is 31.1. The van der Waals surface area contributed by atoms with Crippen LogP contribution in [0.4, 0.5) is 0 Å². The molecule has 0 saturated carbocycles. The summed E-state index contributed by atoms with van der Waals surface area (Å²) in [5.41, 5.74) is 0. The van der Waals surface area contributed by atoms with Gasteiger partial charge in [-0.05, 0) is 24.3 Å².